The fraction of sp³-hybridized carbons (Fsp3) is 0.333. The minimum Gasteiger partial charge on any atom is -0.383 e. The molecule has 1 heterocycles. The number of nitrogens with zero attached hydrogens (tertiary/aromatic N) is 1. The molecule has 6 heteroatoms. The summed E-state index contributed by atoms with van der Waals surface area (Å²) < 4.78 is 17.9. The zero-order valence-electron chi connectivity index (χ0n) is 12.1. The van der Waals surface area contributed by atoms with Gasteiger partial charge < -0.3 is 10.1 Å². The number of thiazole rings is 1. The Morgan fingerprint density at radius 1 is 1.43 bits per heavy atom. The lowest BCUT2D eigenvalue weighted by Gasteiger charge is -2.11. The summed E-state index contributed by atoms with van der Waals surface area (Å²) in [5.74, 6) is -0.457. The van der Waals surface area contributed by atoms with Crippen LogP contribution in [0.15, 0.2) is 24.3 Å². The van der Waals surface area contributed by atoms with Crippen molar-refractivity contribution in [2.75, 3.05) is 13.7 Å². The van der Waals surface area contributed by atoms with Gasteiger partial charge in [-0.25, -0.2) is 9.37 Å². The Labute approximate surface area is 127 Å². The third-order valence-electron chi connectivity index (χ3n) is 2.89. The van der Waals surface area contributed by atoms with Crippen molar-refractivity contribution in [1.82, 2.24) is 10.3 Å². The molecule has 1 aromatic carbocycles. The molecule has 0 bridgehead atoms. The number of halogens is 1. The number of aryl methyl sites for hydroxylation is 1. The van der Waals surface area contributed by atoms with Gasteiger partial charge in [0.1, 0.15) is 15.7 Å². The first-order valence-corrected chi connectivity index (χ1v) is 7.36. The Morgan fingerprint density at radius 3 is 2.71 bits per heavy atom. The van der Waals surface area contributed by atoms with E-state index in [1.165, 1.54) is 23.5 Å². The highest BCUT2D eigenvalue weighted by Gasteiger charge is 2.17. The van der Waals surface area contributed by atoms with Crippen LogP contribution in [-0.4, -0.2) is 30.6 Å². The van der Waals surface area contributed by atoms with E-state index in [0.717, 1.165) is 5.56 Å². The topological polar surface area (TPSA) is 51.2 Å². The van der Waals surface area contributed by atoms with Gasteiger partial charge in [-0.1, -0.05) is 0 Å². The van der Waals surface area contributed by atoms with Crippen LogP contribution in [0.25, 0.3) is 10.6 Å². The van der Waals surface area contributed by atoms with Gasteiger partial charge >= 0.3 is 0 Å². The molecule has 2 rings (SSSR count). The van der Waals surface area contributed by atoms with Crippen LogP contribution in [0.3, 0.4) is 0 Å². The lowest BCUT2D eigenvalue weighted by molar-refractivity contribution is 0.0909. The van der Waals surface area contributed by atoms with E-state index >= 15 is 0 Å². The fourth-order valence-corrected chi connectivity index (χ4v) is 2.88. The Hall–Kier alpha value is -1.79. The summed E-state index contributed by atoms with van der Waals surface area (Å²) in [7, 11) is 1.59. The first-order chi connectivity index (χ1) is 10.0. The van der Waals surface area contributed by atoms with E-state index in [0.29, 0.717) is 22.2 Å². The average Bonchev–Trinajstić information content (AvgIpc) is 2.82. The predicted octanol–water partition coefficient (Wildman–Crippen LogP) is 3.02. The highest BCUT2D eigenvalue weighted by Crippen LogP contribution is 2.28. The Kier molecular flexibility index (Phi) is 5.03. The van der Waals surface area contributed by atoms with Crippen LogP contribution in [0.5, 0.6) is 0 Å². The van der Waals surface area contributed by atoms with E-state index in [1.54, 1.807) is 26.2 Å². The van der Waals surface area contributed by atoms with Gasteiger partial charge in [0.25, 0.3) is 5.91 Å². The second-order valence-corrected chi connectivity index (χ2v) is 5.77. The van der Waals surface area contributed by atoms with Gasteiger partial charge in [-0.2, -0.15) is 0 Å². The highest BCUT2D eigenvalue weighted by molar-refractivity contribution is 7.17. The van der Waals surface area contributed by atoms with E-state index in [9.17, 15) is 9.18 Å². The predicted molar refractivity (Wildman–Crippen MR) is 81.0 cm³/mol. The molecule has 4 nitrogen and oxygen atoms in total. The molecule has 1 atom stereocenters. The van der Waals surface area contributed by atoms with Crippen LogP contribution in [0.1, 0.15) is 22.3 Å². The standard InChI is InChI=1S/C15H17FN2O2S/c1-9(8-20-3)17-14(19)13-10(2)18-15(21-13)11-4-6-12(16)7-5-11/h4-7,9H,8H2,1-3H3,(H,17,19). The zero-order chi connectivity index (χ0) is 15.4. The number of hydrogen-bond acceptors (Lipinski definition) is 4. The first kappa shape index (κ1) is 15.6. The fourth-order valence-electron chi connectivity index (χ4n) is 1.90. The van der Waals surface area contributed by atoms with Gasteiger partial charge in [-0.3, -0.25) is 4.79 Å². The van der Waals surface area contributed by atoms with Gasteiger partial charge in [-0.05, 0) is 38.1 Å². The molecule has 0 saturated heterocycles. The maximum Gasteiger partial charge on any atom is 0.263 e. The molecule has 1 aromatic heterocycles. The molecule has 0 aliphatic rings. The van der Waals surface area contributed by atoms with Crippen LogP contribution in [0.2, 0.25) is 0 Å². The Morgan fingerprint density at radius 2 is 2.10 bits per heavy atom. The number of benzene rings is 1. The minimum atomic E-state index is -0.293. The SMILES string of the molecule is COCC(C)NC(=O)c1sc(-c2ccc(F)cc2)nc1C. The van der Waals surface area contributed by atoms with E-state index in [4.69, 9.17) is 4.74 Å². The maximum atomic E-state index is 12.9. The third-order valence-corrected chi connectivity index (χ3v) is 4.09. The Balaban J connectivity index is 2.19. The van der Waals surface area contributed by atoms with Crippen molar-refractivity contribution in [1.29, 1.82) is 0 Å². The summed E-state index contributed by atoms with van der Waals surface area (Å²) in [6, 6.07) is 6.00. The number of aromatic nitrogens is 1. The first-order valence-electron chi connectivity index (χ1n) is 6.54. The van der Waals surface area contributed by atoms with Crippen molar-refractivity contribution in [3.8, 4) is 10.6 Å². The van der Waals surface area contributed by atoms with Crippen molar-refractivity contribution in [3.63, 3.8) is 0 Å². The van der Waals surface area contributed by atoms with Crippen molar-refractivity contribution < 1.29 is 13.9 Å². The quantitative estimate of drug-likeness (QED) is 0.923. The van der Waals surface area contributed by atoms with Crippen LogP contribution < -0.4 is 5.32 Å². The number of hydrogen-bond donors (Lipinski definition) is 1. The molecule has 2 aromatic rings. The van der Waals surface area contributed by atoms with Crippen molar-refractivity contribution >= 4 is 17.2 Å². The average molecular weight is 308 g/mol. The van der Waals surface area contributed by atoms with E-state index in [-0.39, 0.29) is 17.8 Å². The molecule has 112 valence electrons. The van der Waals surface area contributed by atoms with Gasteiger partial charge in [0, 0.05) is 18.7 Å². The third kappa shape index (κ3) is 3.86. The molecular formula is C15H17FN2O2S. The molecule has 1 N–H and O–H groups in total. The van der Waals surface area contributed by atoms with Crippen LogP contribution in [0, 0.1) is 12.7 Å². The van der Waals surface area contributed by atoms with Gasteiger partial charge in [0.05, 0.1) is 12.3 Å². The summed E-state index contributed by atoms with van der Waals surface area (Å²) in [4.78, 5) is 17.1. The maximum absolute atomic E-state index is 12.9. The van der Waals surface area contributed by atoms with E-state index in [2.05, 4.69) is 10.3 Å². The smallest absolute Gasteiger partial charge is 0.263 e. The second kappa shape index (κ2) is 6.78. The Bertz CT molecular complexity index is 625. The second-order valence-electron chi connectivity index (χ2n) is 4.77. The monoisotopic (exact) mass is 308 g/mol. The van der Waals surface area contributed by atoms with Gasteiger partial charge in [-0.15, -0.1) is 11.3 Å². The van der Waals surface area contributed by atoms with E-state index < -0.39 is 0 Å². The molecule has 0 radical (unpaired) electrons. The number of methoxy groups -OCH3 is 1. The van der Waals surface area contributed by atoms with Crippen LogP contribution >= 0.6 is 11.3 Å². The molecular weight excluding hydrogens is 291 g/mol. The molecule has 0 aliphatic heterocycles. The van der Waals surface area contributed by atoms with Gasteiger partial charge in [0.2, 0.25) is 0 Å². The molecule has 1 amide bonds. The van der Waals surface area contributed by atoms with E-state index in [1.807, 2.05) is 6.92 Å². The van der Waals surface area contributed by atoms with Crippen LogP contribution in [-0.2, 0) is 4.74 Å². The number of nitrogens with one attached hydrogen (secondary N) is 1. The molecule has 0 spiro atoms. The van der Waals surface area contributed by atoms with Crippen molar-refractivity contribution in [2.45, 2.75) is 19.9 Å². The summed E-state index contributed by atoms with van der Waals surface area (Å²) >= 11 is 1.30. The van der Waals surface area contributed by atoms with Crippen molar-refractivity contribution in [2.24, 2.45) is 0 Å². The zero-order valence-corrected chi connectivity index (χ0v) is 13.0. The largest absolute Gasteiger partial charge is 0.383 e. The van der Waals surface area contributed by atoms with Crippen LogP contribution in [0.4, 0.5) is 4.39 Å². The summed E-state index contributed by atoms with van der Waals surface area (Å²) in [5.41, 5.74) is 1.47. The normalized spacial score (nSPS) is 12.2. The molecule has 0 saturated carbocycles. The summed E-state index contributed by atoms with van der Waals surface area (Å²) in [6.45, 7) is 4.12. The summed E-state index contributed by atoms with van der Waals surface area (Å²) in [6.07, 6.45) is 0. The molecule has 0 aliphatic carbocycles. The number of amides is 1. The van der Waals surface area contributed by atoms with Gasteiger partial charge in [0.15, 0.2) is 0 Å². The lowest BCUT2D eigenvalue weighted by Crippen LogP contribution is -2.35. The summed E-state index contributed by atoms with van der Waals surface area (Å²) in [5, 5.41) is 3.56. The number of rotatable bonds is 5. The highest BCUT2D eigenvalue weighted by atomic mass is 32.1. The molecule has 1 unspecified atom stereocenters. The minimum absolute atomic E-state index is 0.0710. The molecule has 0 fully saturated rings. The number of carbonyl (C=O) groups excluding carboxylic acids is 1. The molecule has 21 heavy (non-hydrogen) atoms. The lowest BCUT2D eigenvalue weighted by atomic mass is 10.2. The van der Waals surface area contributed by atoms with Crippen molar-refractivity contribution in [3.05, 3.63) is 40.7 Å². The number of ether oxygens (including phenoxy) is 1. The number of carbonyl (C=O) groups is 1.